The van der Waals surface area contributed by atoms with Crippen LogP contribution >= 0.6 is 0 Å². The Hall–Kier alpha value is -1.35. The van der Waals surface area contributed by atoms with E-state index in [1.807, 2.05) is 13.0 Å². The molecule has 0 unspecified atom stereocenters. The van der Waals surface area contributed by atoms with Gasteiger partial charge in [-0.15, -0.1) is 0 Å². The lowest BCUT2D eigenvalue weighted by Crippen LogP contribution is -2.14. The van der Waals surface area contributed by atoms with E-state index in [2.05, 4.69) is 29.6 Å². The number of rotatable bonds is 10. The quantitative estimate of drug-likeness (QED) is 0.520. The van der Waals surface area contributed by atoms with E-state index in [-0.39, 0.29) is 5.97 Å². The monoisotopic (exact) mass is 263 g/mol. The zero-order valence-electron chi connectivity index (χ0n) is 11.9. The molecule has 1 rings (SSSR count). The molecule has 0 bridgehead atoms. The lowest BCUT2D eigenvalue weighted by Gasteiger charge is -2.05. The molecule has 0 saturated heterocycles. The predicted octanol–water partition coefficient (Wildman–Crippen LogP) is 3.29. The molecule has 0 amide bonds. The predicted molar refractivity (Wildman–Crippen MR) is 77.9 cm³/mol. The van der Waals surface area contributed by atoms with Gasteiger partial charge in [-0.25, -0.2) is 0 Å². The van der Waals surface area contributed by atoms with E-state index in [1.54, 1.807) is 0 Å². The molecule has 0 aliphatic rings. The Morgan fingerprint density at radius 2 is 1.84 bits per heavy atom. The number of hydrogen-bond acceptors (Lipinski definition) is 3. The second kappa shape index (κ2) is 10.6. The van der Waals surface area contributed by atoms with Crippen molar-refractivity contribution >= 4 is 5.97 Å². The van der Waals surface area contributed by atoms with Crippen molar-refractivity contribution in [3.05, 3.63) is 35.9 Å². The second-order valence-corrected chi connectivity index (χ2v) is 4.63. The third kappa shape index (κ3) is 8.38. The van der Waals surface area contributed by atoms with Crippen LogP contribution in [-0.4, -0.2) is 19.1 Å². The fourth-order valence-electron chi connectivity index (χ4n) is 1.93. The van der Waals surface area contributed by atoms with Crippen molar-refractivity contribution in [1.29, 1.82) is 0 Å². The van der Waals surface area contributed by atoms with Crippen molar-refractivity contribution in [1.82, 2.24) is 5.32 Å². The second-order valence-electron chi connectivity index (χ2n) is 4.63. The van der Waals surface area contributed by atoms with Gasteiger partial charge in [-0.05, 0) is 31.9 Å². The molecule has 106 valence electrons. The summed E-state index contributed by atoms with van der Waals surface area (Å²) in [5.41, 5.74) is 1.32. The first kappa shape index (κ1) is 15.7. The van der Waals surface area contributed by atoms with Crippen LogP contribution < -0.4 is 5.32 Å². The van der Waals surface area contributed by atoms with Crippen LogP contribution in [0.2, 0.25) is 0 Å². The summed E-state index contributed by atoms with van der Waals surface area (Å²) in [6.45, 7) is 4.30. The van der Waals surface area contributed by atoms with Crippen LogP contribution in [-0.2, 0) is 16.1 Å². The standard InChI is InChI=1S/C16H25NO2/c1-2-19-16(18)12-8-3-4-9-13-17-14-15-10-6-5-7-11-15/h5-7,10-11,17H,2-4,8-9,12-14H2,1H3. The number of esters is 1. The average Bonchev–Trinajstić information content (AvgIpc) is 2.43. The molecule has 1 aromatic carbocycles. The molecular weight excluding hydrogens is 238 g/mol. The van der Waals surface area contributed by atoms with Gasteiger partial charge >= 0.3 is 5.97 Å². The largest absolute Gasteiger partial charge is 0.466 e. The minimum absolute atomic E-state index is 0.0651. The van der Waals surface area contributed by atoms with Gasteiger partial charge in [0.25, 0.3) is 0 Å². The Bertz CT molecular complexity index is 338. The first-order valence-electron chi connectivity index (χ1n) is 7.23. The molecule has 0 saturated carbocycles. The maximum absolute atomic E-state index is 11.1. The van der Waals surface area contributed by atoms with E-state index in [9.17, 15) is 4.79 Å². The summed E-state index contributed by atoms with van der Waals surface area (Å²) in [4.78, 5) is 11.1. The Balaban J connectivity index is 1.88. The molecule has 0 fully saturated rings. The van der Waals surface area contributed by atoms with Gasteiger partial charge in [0.1, 0.15) is 0 Å². The van der Waals surface area contributed by atoms with E-state index < -0.39 is 0 Å². The van der Waals surface area contributed by atoms with Crippen molar-refractivity contribution in [2.45, 2.75) is 45.6 Å². The number of unbranched alkanes of at least 4 members (excludes halogenated alkanes) is 3. The van der Waals surface area contributed by atoms with E-state index in [0.717, 1.165) is 32.4 Å². The van der Waals surface area contributed by atoms with Gasteiger partial charge in [-0.2, -0.15) is 0 Å². The third-order valence-electron chi connectivity index (χ3n) is 2.96. The van der Waals surface area contributed by atoms with Crippen molar-refractivity contribution < 1.29 is 9.53 Å². The highest BCUT2D eigenvalue weighted by molar-refractivity contribution is 5.69. The number of ether oxygens (including phenoxy) is 1. The van der Waals surface area contributed by atoms with Gasteiger partial charge in [-0.1, -0.05) is 43.2 Å². The van der Waals surface area contributed by atoms with Crippen molar-refractivity contribution in [3.63, 3.8) is 0 Å². The van der Waals surface area contributed by atoms with Crippen LogP contribution in [0.15, 0.2) is 30.3 Å². The van der Waals surface area contributed by atoms with E-state index >= 15 is 0 Å². The fraction of sp³-hybridized carbons (Fsp3) is 0.562. The number of nitrogens with one attached hydrogen (secondary N) is 1. The van der Waals surface area contributed by atoms with Gasteiger partial charge in [0.2, 0.25) is 0 Å². The summed E-state index contributed by atoms with van der Waals surface area (Å²) >= 11 is 0. The van der Waals surface area contributed by atoms with E-state index in [0.29, 0.717) is 13.0 Å². The molecule has 19 heavy (non-hydrogen) atoms. The number of carbonyl (C=O) groups is 1. The SMILES string of the molecule is CCOC(=O)CCCCCCNCc1ccccc1. The Morgan fingerprint density at radius 3 is 2.58 bits per heavy atom. The van der Waals surface area contributed by atoms with Crippen LogP contribution in [0.1, 0.15) is 44.6 Å². The fourth-order valence-corrected chi connectivity index (χ4v) is 1.93. The minimum Gasteiger partial charge on any atom is -0.466 e. The van der Waals surface area contributed by atoms with Gasteiger partial charge in [0.15, 0.2) is 0 Å². The highest BCUT2D eigenvalue weighted by atomic mass is 16.5. The molecule has 3 nitrogen and oxygen atoms in total. The van der Waals surface area contributed by atoms with Gasteiger partial charge < -0.3 is 10.1 Å². The molecule has 1 aromatic rings. The molecular formula is C16H25NO2. The van der Waals surface area contributed by atoms with Crippen LogP contribution in [0.4, 0.5) is 0 Å². The highest BCUT2D eigenvalue weighted by Gasteiger charge is 2.00. The van der Waals surface area contributed by atoms with Crippen LogP contribution in [0.25, 0.3) is 0 Å². The van der Waals surface area contributed by atoms with Crippen molar-refractivity contribution in [3.8, 4) is 0 Å². The highest BCUT2D eigenvalue weighted by Crippen LogP contribution is 2.04. The number of carbonyl (C=O) groups excluding carboxylic acids is 1. The third-order valence-corrected chi connectivity index (χ3v) is 2.96. The molecule has 1 N–H and O–H groups in total. The van der Waals surface area contributed by atoms with Gasteiger partial charge in [0, 0.05) is 13.0 Å². The normalized spacial score (nSPS) is 10.4. The summed E-state index contributed by atoms with van der Waals surface area (Å²) < 4.78 is 4.88. The van der Waals surface area contributed by atoms with Gasteiger partial charge in [0.05, 0.1) is 6.61 Å². The Labute approximate surface area is 116 Å². The molecule has 0 heterocycles. The molecule has 0 aromatic heterocycles. The zero-order valence-corrected chi connectivity index (χ0v) is 11.9. The smallest absolute Gasteiger partial charge is 0.305 e. The molecule has 3 heteroatoms. The summed E-state index contributed by atoms with van der Waals surface area (Å²) in [5.74, 6) is -0.0651. The van der Waals surface area contributed by atoms with Crippen molar-refractivity contribution in [2.24, 2.45) is 0 Å². The van der Waals surface area contributed by atoms with Crippen LogP contribution in [0.5, 0.6) is 0 Å². The first-order chi connectivity index (χ1) is 9.33. The molecule has 0 aliphatic heterocycles. The number of hydrogen-bond donors (Lipinski definition) is 1. The Kier molecular flexibility index (Phi) is 8.73. The van der Waals surface area contributed by atoms with Crippen molar-refractivity contribution in [2.75, 3.05) is 13.2 Å². The zero-order chi connectivity index (χ0) is 13.8. The summed E-state index contributed by atoms with van der Waals surface area (Å²) in [6, 6.07) is 10.4. The maximum atomic E-state index is 11.1. The summed E-state index contributed by atoms with van der Waals surface area (Å²) in [5, 5.41) is 3.43. The lowest BCUT2D eigenvalue weighted by atomic mass is 10.1. The van der Waals surface area contributed by atoms with E-state index in [4.69, 9.17) is 4.74 Å². The van der Waals surface area contributed by atoms with Crippen LogP contribution in [0.3, 0.4) is 0 Å². The summed E-state index contributed by atoms with van der Waals surface area (Å²) in [7, 11) is 0. The summed E-state index contributed by atoms with van der Waals surface area (Å²) in [6.07, 6.45) is 4.94. The van der Waals surface area contributed by atoms with Gasteiger partial charge in [-0.3, -0.25) is 4.79 Å². The topological polar surface area (TPSA) is 38.3 Å². The van der Waals surface area contributed by atoms with E-state index in [1.165, 1.54) is 12.0 Å². The minimum atomic E-state index is -0.0651. The molecule has 0 radical (unpaired) electrons. The Morgan fingerprint density at radius 1 is 1.11 bits per heavy atom. The molecule has 0 spiro atoms. The number of benzene rings is 1. The lowest BCUT2D eigenvalue weighted by molar-refractivity contribution is -0.143. The molecule has 0 atom stereocenters. The first-order valence-corrected chi connectivity index (χ1v) is 7.23. The average molecular weight is 263 g/mol. The van der Waals surface area contributed by atoms with Crippen LogP contribution in [0, 0.1) is 0 Å². The maximum Gasteiger partial charge on any atom is 0.305 e. The molecule has 0 aliphatic carbocycles.